The van der Waals surface area contributed by atoms with Crippen LogP contribution in [0.25, 0.3) is 0 Å². The largest absolute Gasteiger partial charge is 0.445 e. The smallest absolute Gasteiger partial charge is 0.407 e. The quantitative estimate of drug-likeness (QED) is 0.599. The molecule has 0 saturated carbocycles. The van der Waals surface area contributed by atoms with E-state index >= 15 is 0 Å². The summed E-state index contributed by atoms with van der Waals surface area (Å²) in [5.74, 6) is 1.22. The Morgan fingerprint density at radius 2 is 1.95 bits per heavy atom. The second-order valence-electron chi connectivity index (χ2n) is 5.31. The molecule has 1 unspecified atom stereocenters. The molecule has 3 heteroatoms. The molecule has 1 amide bonds. The lowest BCUT2D eigenvalue weighted by atomic mass is 9.97. The van der Waals surface area contributed by atoms with Gasteiger partial charge in [0.1, 0.15) is 6.61 Å². The maximum absolute atomic E-state index is 11.5. The number of amides is 1. The molecule has 1 aromatic rings. The summed E-state index contributed by atoms with van der Waals surface area (Å²) in [5, 5.41) is 2.74. The third-order valence-electron chi connectivity index (χ3n) is 3.28. The van der Waals surface area contributed by atoms with E-state index in [1.165, 1.54) is 0 Å². The molecule has 0 fully saturated rings. The molecule has 0 aromatic heterocycles. The highest BCUT2D eigenvalue weighted by atomic mass is 16.5. The predicted molar refractivity (Wildman–Crippen MR) is 82.4 cm³/mol. The van der Waals surface area contributed by atoms with Gasteiger partial charge < -0.3 is 10.1 Å². The van der Waals surface area contributed by atoms with Gasteiger partial charge in [0.15, 0.2) is 0 Å². The van der Waals surface area contributed by atoms with Gasteiger partial charge in [0.2, 0.25) is 0 Å². The molecule has 0 saturated heterocycles. The van der Waals surface area contributed by atoms with E-state index in [1.54, 1.807) is 0 Å². The zero-order chi connectivity index (χ0) is 14.8. The van der Waals surface area contributed by atoms with Crippen LogP contribution in [0.1, 0.15) is 32.8 Å². The van der Waals surface area contributed by atoms with Crippen molar-refractivity contribution in [2.45, 2.75) is 33.8 Å². The fourth-order valence-corrected chi connectivity index (χ4v) is 1.56. The SMILES string of the molecule is CC(C)C(C)/C=C\CCNC(=O)OCc1ccccc1. The molecule has 1 N–H and O–H groups in total. The van der Waals surface area contributed by atoms with Gasteiger partial charge in [0.25, 0.3) is 0 Å². The third-order valence-corrected chi connectivity index (χ3v) is 3.28. The Balaban J connectivity index is 2.12. The number of alkyl carbamates (subject to hydrolysis) is 1. The Labute approximate surface area is 122 Å². The van der Waals surface area contributed by atoms with Crippen molar-refractivity contribution in [1.82, 2.24) is 5.32 Å². The normalized spacial score (nSPS) is 12.6. The zero-order valence-electron chi connectivity index (χ0n) is 12.6. The molecule has 1 atom stereocenters. The zero-order valence-corrected chi connectivity index (χ0v) is 12.6. The van der Waals surface area contributed by atoms with Crippen molar-refractivity contribution < 1.29 is 9.53 Å². The second-order valence-corrected chi connectivity index (χ2v) is 5.31. The van der Waals surface area contributed by atoms with E-state index < -0.39 is 0 Å². The Bertz CT molecular complexity index is 412. The summed E-state index contributed by atoms with van der Waals surface area (Å²) in [6, 6.07) is 9.66. The van der Waals surface area contributed by atoms with Gasteiger partial charge in [-0.05, 0) is 23.8 Å². The van der Waals surface area contributed by atoms with Crippen molar-refractivity contribution in [3.63, 3.8) is 0 Å². The standard InChI is InChI=1S/C17H25NO2/c1-14(2)15(3)9-7-8-12-18-17(19)20-13-16-10-5-4-6-11-16/h4-7,9-11,14-15H,8,12-13H2,1-3H3,(H,18,19)/b9-7-. The average molecular weight is 275 g/mol. The van der Waals surface area contributed by atoms with Crippen molar-refractivity contribution in [3.05, 3.63) is 48.0 Å². The Morgan fingerprint density at radius 3 is 2.60 bits per heavy atom. The first kappa shape index (κ1) is 16.3. The van der Waals surface area contributed by atoms with Gasteiger partial charge in [-0.2, -0.15) is 0 Å². The van der Waals surface area contributed by atoms with E-state index in [0.717, 1.165) is 12.0 Å². The number of allylic oxidation sites excluding steroid dienone is 1. The van der Waals surface area contributed by atoms with E-state index in [2.05, 4.69) is 38.2 Å². The minimum atomic E-state index is -0.362. The number of rotatable bonds is 7. The van der Waals surface area contributed by atoms with Gasteiger partial charge in [0, 0.05) is 6.54 Å². The summed E-state index contributed by atoms with van der Waals surface area (Å²) >= 11 is 0. The number of nitrogens with one attached hydrogen (secondary N) is 1. The van der Waals surface area contributed by atoms with E-state index in [0.29, 0.717) is 25.0 Å². The Hall–Kier alpha value is -1.77. The molecule has 0 spiro atoms. The Kier molecular flexibility index (Phi) is 7.48. The number of benzene rings is 1. The van der Waals surface area contributed by atoms with Crippen LogP contribution < -0.4 is 5.32 Å². The second kappa shape index (κ2) is 9.18. The molecule has 0 bridgehead atoms. The van der Waals surface area contributed by atoms with Crippen LogP contribution in [0.3, 0.4) is 0 Å². The summed E-state index contributed by atoms with van der Waals surface area (Å²) in [6.07, 6.45) is 4.78. The fourth-order valence-electron chi connectivity index (χ4n) is 1.56. The van der Waals surface area contributed by atoms with Crippen LogP contribution in [0, 0.1) is 11.8 Å². The maximum atomic E-state index is 11.5. The number of ether oxygens (including phenoxy) is 1. The van der Waals surface area contributed by atoms with Gasteiger partial charge in [-0.1, -0.05) is 63.3 Å². The van der Waals surface area contributed by atoms with Gasteiger partial charge in [-0.3, -0.25) is 0 Å². The molecule has 0 heterocycles. The van der Waals surface area contributed by atoms with E-state index in [4.69, 9.17) is 4.74 Å². The lowest BCUT2D eigenvalue weighted by Gasteiger charge is -2.09. The molecule has 0 aliphatic carbocycles. The maximum Gasteiger partial charge on any atom is 0.407 e. The topological polar surface area (TPSA) is 38.3 Å². The van der Waals surface area contributed by atoms with Gasteiger partial charge in [-0.25, -0.2) is 4.79 Å². The molecule has 1 aromatic carbocycles. The first-order chi connectivity index (χ1) is 9.59. The molecule has 0 aliphatic rings. The lowest BCUT2D eigenvalue weighted by molar-refractivity contribution is 0.140. The fraction of sp³-hybridized carbons (Fsp3) is 0.471. The lowest BCUT2D eigenvalue weighted by Crippen LogP contribution is -2.24. The minimum absolute atomic E-state index is 0.312. The van der Waals surface area contributed by atoms with Crippen molar-refractivity contribution in [1.29, 1.82) is 0 Å². The number of hydrogen-bond donors (Lipinski definition) is 1. The summed E-state index contributed by atoms with van der Waals surface area (Å²) in [5.41, 5.74) is 0.994. The minimum Gasteiger partial charge on any atom is -0.445 e. The predicted octanol–water partition coefficient (Wildman–Crippen LogP) is 4.15. The van der Waals surface area contributed by atoms with Crippen LogP contribution in [-0.4, -0.2) is 12.6 Å². The molecule has 0 radical (unpaired) electrons. The summed E-state index contributed by atoms with van der Waals surface area (Å²) < 4.78 is 5.12. The van der Waals surface area contributed by atoms with Crippen molar-refractivity contribution >= 4 is 6.09 Å². The first-order valence-electron chi connectivity index (χ1n) is 7.21. The van der Waals surface area contributed by atoms with Crippen molar-refractivity contribution in [2.24, 2.45) is 11.8 Å². The molecular formula is C17H25NO2. The van der Waals surface area contributed by atoms with E-state index in [-0.39, 0.29) is 6.09 Å². The highest BCUT2D eigenvalue weighted by molar-refractivity contribution is 5.67. The van der Waals surface area contributed by atoms with Crippen LogP contribution in [0.5, 0.6) is 0 Å². The highest BCUT2D eigenvalue weighted by Gasteiger charge is 2.02. The van der Waals surface area contributed by atoms with Crippen LogP contribution in [0.2, 0.25) is 0 Å². The number of carbonyl (C=O) groups excluding carboxylic acids is 1. The van der Waals surface area contributed by atoms with Crippen LogP contribution in [0.4, 0.5) is 4.79 Å². The number of hydrogen-bond acceptors (Lipinski definition) is 2. The molecule has 1 rings (SSSR count). The molecule has 20 heavy (non-hydrogen) atoms. The van der Waals surface area contributed by atoms with Gasteiger partial charge in [0.05, 0.1) is 0 Å². The Morgan fingerprint density at radius 1 is 1.25 bits per heavy atom. The average Bonchev–Trinajstić information content (AvgIpc) is 2.45. The van der Waals surface area contributed by atoms with Crippen LogP contribution in [0.15, 0.2) is 42.5 Å². The summed E-state index contributed by atoms with van der Waals surface area (Å²) in [6.45, 7) is 7.52. The van der Waals surface area contributed by atoms with Crippen molar-refractivity contribution in [2.75, 3.05) is 6.54 Å². The summed E-state index contributed by atoms with van der Waals surface area (Å²) in [7, 11) is 0. The van der Waals surface area contributed by atoms with Crippen LogP contribution in [-0.2, 0) is 11.3 Å². The van der Waals surface area contributed by atoms with E-state index in [1.807, 2.05) is 30.3 Å². The van der Waals surface area contributed by atoms with Gasteiger partial charge in [-0.15, -0.1) is 0 Å². The number of carbonyl (C=O) groups is 1. The van der Waals surface area contributed by atoms with Gasteiger partial charge >= 0.3 is 6.09 Å². The molecular weight excluding hydrogens is 250 g/mol. The monoisotopic (exact) mass is 275 g/mol. The van der Waals surface area contributed by atoms with E-state index in [9.17, 15) is 4.79 Å². The summed E-state index contributed by atoms with van der Waals surface area (Å²) in [4.78, 5) is 11.5. The molecule has 0 aliphatic heterocycles. The highest BCUT2D eigenvalue weighted by Crippen LogP contribution is 2.10. The van der Waals surface area contributed by atoms with Crippen molar-refractivity contribution in [3.8, 4) is 0 Å². The molecule has 3 nitrogen and oxygen atoms in total. The first-order valence-corrected chi connectivity index (χ1v) is 7.21. The molecule has 110 valence electrons. The van der Waals surface area contributed by atoms with Crippen LogP contribution >= 0.6 is 0 Å². The third kappa shape index (κ3) is 6.98.